The van der Waals surface area contributed by atoms with Gasteiger partial charge in [-0.1, -0.05) is 11.8 Å². The van der Waals surface area contributed by atoms with Crippen LogP contribution in [0.1, 0.15) is 18.9 Å². The van der Waals surface area contributed by atoms with Crippen LogP contribution in [0.2, 0.25) is 0 Å². The van der Waals surface area contributed by atoms with E-state index < -0.39 is 24.5 Å². The van der Waals surface area contributed by atoms with Gasteiger partial charge in [-0.05, 0) is 12.8 Å². The lowest BCUT2D eigenvalue weighted by molar-refractivity contribution is -0.142. The predicted octanol–water partition coefficient (Wildman–Crippen LogP) is -0.733. The van der Waals surface area contributed by atoms with E-state index >= 15 is 0 Å². The molecule has 1 atom stereocenters. The summed E-state index contributed by atoms with van der Waals surface area (Å²) in [6.45, 7) is -0.635. The zero-order chi connectivity index (χ0) is 13.8. The zero-order valence-corrected chi connectivity index (χ0v) is 10.8. The van der Waals surface area contributed by atoms with Crippen LogP contribution in [-0.2, 0) is 9.59 Å². The molecule has 0 radical (unpaired) electrons. The van der Waals surface area contributed by atoms with Gasteiger partial charge in [0.05, 0.1) is 12.4 Å². The number of thioether (sulfide) groups is 1. The average molecular weight is 286 g/mol. The minimum Gasteiger partial charge on any atom is -0.480 e. The summed E-state index contributed by atoms with van der Waals surface area (Å²) in [6.07, 6.45) is 3.80. The normalized spacial score (nSPS) is 16.1. The number of aromatic nitrogens is 3. The first-order chi connectivity index (χ1) is 9.11. The van der Waals surface area contributed by atoms with Crippen molar-refractivity contribution < 1.29 is 19.8 Å². The van der Waals surface area contributed by atoms with Crippen LogP contribution in [0.4, 0.5) is 0 Å². The molecule has 1 aliphatic carbocycles. The van der Waals surface area contributed by atoms with Crippen molar-refractivity contribution in [3.05, 3.63) is 6.33 Å². The number of aliphatic carboxylic acids is 1. The van der Waals surface area contributed by atoms with E-state index in [0.717, 1.165) is 12.8 Å². The van der Waals surface area contributed by atoms with E-state index in [2.05, 4.69) is 15.5 Å². The predicted molar refractivity (Wildman–Crippen MR) is 65.7 cm³/mol. The Morgan fingerprint density at radius 3 is 2.89 bits per heavy atom. The van der Waals surface area contributed by atoms with E-state index in [9.17, 15) is 9.59 Å². The molecule has 0 saturated heterocycles. The molecule has 1 aromatic rings. The highest BCUT2D eigenvalue weighted by molar-refractivity contribution is 7.99. The molecule has 1 aromatic heterocycles. The second kappa shape index (κ2) is 6.02. The van der Waals surface area contributed by atoms with Crippen molar-refractivity contribution in [2.75, 3.05) is 12.4 Å². The molecule has 104 valence electrons. The second-order valence-corrected chi connectivity index (χ2v) is 5.12. The number of carbonyl (C=O) groups excluding carboxylic acids is 1. The maximum atomic E-state index is 11.5. The highest BCUT2D eigenvalue weighted by Gasteiger charge is 2.26. The van der Waals surface area contributed by atoms with Gasteiger partial charge in [-0.15, -0.1) is 10.2 Å². The van der Waals surface area contributed by atoms with Crippen molar-refractivity contribution in [1.82, 2.24) is 20.1 Å². The van der Waals surface area contributed by atoms with Gasteiger partial charge in [-0.3, -0.25) is 4.79 Å². The van der Waals surface area contributed by atoms with Gasteiger partial charge in [0.15, 0.2) is 5.16 Å². The van der Waals surface area contributed by atoms with Gasteiger partial charge in [-0.25, -0.2) is 4.79 Å². The maximum absolute atomic E-state index is 11.5. The molecular weight excluding hydrogens is 272 g/mol. The summed E-state index contributed by atoms with van der Waals surface area (Å²) in [4.78, 5) is 22.2. The molecule has 2 rings (SSSR count). The molecule has 8 nitrogen and oxygen atoms in total. The smallest absolute Gasteiger partial charge is 0.328 e. The Balaban J connectivity index is 1.82. The van der Waals surface area contributed by atoms with Gasteiger partial charge in [-0.2, -0.15) is 0 Å². The van der Waals surface area contributed by atoms with Gasteiger partial charge >= 0.3 is 5.97 Å². The lowest BCUT2D eigenvalue weighted by Crippen LogP contribution is -2.44. The lowest BCUT2D eigenvalue weighted by atomic mass is 10.3. The summed E-state index contributed by atoms with van der Waals surface area (Å²) in [5, 5.41) is 28.1. The number of aliphatic hydroxyl groups excluding tert-OH is 1. The Hall–Kier alpha value is -1.61. The minimum absolute atomic E-state index is 0.0369. The number of hydrogen-bond donors (Lipinski definition) is 3. The maximum Gasteiger partial charge on any atom is 0.328 e. The van der Waals surface area contributed by atoms with Crippen molar-refractivity contribution >= 4 is 23.6 Å². The van der Waals surface area contributed by atoms with E-state index in [1.54, 1.807) is 6.33 Å². The number of amides is 1. The molecule has 0 aliphatic heterocycles. The van der Waals surface area contributed by atoms with Crippen molar-refractivity contribution in [3.8, 4) is 0 Å². The second-order valence-electron chi connectivity index (χ2n) is 4.18. The molecule has 3 N–H and O–H groups in total. The molecule has 0 aromatic carbocycles. The van der Waals surface area contributed by atoms with Crippen LogP contribution < -0.4 is 5.32 Å². The van der Waals surface area contributed by atoms with E-state index in [0.29, 0.717) is 11.2 Å². The molecular formula is C10H14N4O4S. The topological polar surface area (TPSA) is 117 Å². The molecule has 19 heavy (non-hydrogen) atoms. The summed E-state index contributed by atoms with van der Waals surface area (Å²) < 4.78 is 1.92. The number of carboxylic acid groups (broad SMARTS) is 1. The van der Waals surface area contributed by atoms with Crippen LogP contribution in [0.25, 0.3) is 0 Å². The van der Waals surface area contributed by atoms with Crippen molar-refractivity contribution in [3.63, 3.8) is 0 Å². The Morgan fingerprint density at radius 1 is 1.58 bits per heavy atom. The summed E-state index contributed by atoms with van der Waals surface area (Å²) in [5.41, 5.74) is 0. The van der Waals surface area contributed by atoms with Crippen LogP contribution in [0.5, 0.6) is 0 Å². The summed E-state index contributed by atoms with van der Waals surface area (Å²) >= 11 is 1.20. The Morgan fingerprint density at radius 2 is 2.32 bits per heavy atom. The monoisotopic (exact) mass is 286 g/mol. The fourth-order valence-corrected chi connectivity index (χ4v) is 2.28. The molecule has 0 bridgehead atoms. The van der Waals surface area contributed by atoms with Crippen molar-refractivity contribution in [2.45, 2.75) is 30.1 Å². The van der Waals surface area contributed by atoms with E-state index in [-0.39, 0.29) is 5.75 Å². The van der Waals surface area contributed by atoms with Gasteiger partial charge in [0, 0.05) is 6.04 Å². The first-order valence-electron chi connectivity index (χ1n) is 5.77. The number of carbonyl (C=O) groups is 2. The molecule has 9 heteroatoms. The Kier molecular flexibility index (Phi) is 4.38. The van der Waals surface area contributed by atoms with Crippen LogP contribution in [-0.4, -0.2) is 55.3 Å². The third-order valence-corrected chi connectivity index (χ3v) is 3.59. The molecule has 0 spiro atoms. The molecule has 1 amide bonds. The van der Waals surface area contributed by atoms with Crippen LogP contribution >= 0.6 is 11.8 Å². The molecule has 1 saturated carbocycles. The summed E-state index contributed by atoms with van der Waals surface area (Å²) in [5.74, 6) is -1.69. The van der Waals surface area contributed by atoms with Gasteiger partial charge in [0.2, 0.25) is 5.91 Å². The lowest BCUT2D eigenvalue weighted by Gasteiger charge is -2.11. The largest absolute Gasteiger partial charge is 0.480 e. The van der Waals surface area contributed by atoms with Crippen molar-refractivity contribution in [1.29, 1.82) is 0 Å². The number of carboxylic acids is 1. The minimum atomic E-state index is -1.27. The first-order valence-corrected chi connectivity index (χ1v) is 6.75. The highest BCUT2D eigenvalue weighted by atomic mass is 32.2. The quantitative estimate of drug-likeness (QED) is 0.565. The van der Waals surface area contributed by atoms with Crippen LogP contribution in [0, 0.1) is 0 Å². The Bertz CT molecular complexity index is 474. The number of nitrogens with one attached hydrogen (secondary N) is 1. The summed E-state index contributed by atoms with van der Waals surface area (Å²) in [7, 11) is 0. The van der Waals surface area contributed by atoms with Crippen LogP contribution in [0.15, 0.2) is 11.5 Å². The molecule has 1 heterocycles. The molecule has 1 aliphatic rings. The third kappa shape index (κ3) is 3.67. The van der Waals surface area contributed by atoms with E-state index in [1.165, 1.54) is 11.8 Å². The molecule has 0 unspecified atom stereocenters. The van der Waals surface area contributed by atoms with Gasteiger partial charge < -0.3 is 20.1 Å². The highest BCUT2D eigenvalue weighted by Crippen LogP contribution is 2.37. The van der Waals surface area contributed by atoms with Gasteiger partial charge in [0.1, 0.15) is 12.4 Å². The summed E-state index contributed by atoms with van der Waals surface area (Å²) in [6, 6.07) is -0.848. The molecule has 1 fully saturated rings. The van der Waals surface area contributed by atoms with E-state index in [1.807, 2.05) is 4.57 Å². The fourth-order valence-electron chi connectivity index (χ4n) is 1.49. The average Bonchev–Trinajstić information content (AvgIpc) is 3.12. The number of aliphatic hydroxyl groups is 1. The fraction of sp³-hybridized carbons (Fsp3) is 0.600. The zero-order valence-electron chi connectivity index (χ0n) is 10.0. The van der Waals surface area contributed by atoms with Gasteiger partial charge in [0.25, 0.3) is 0 Å². The van der Waals surface area contributed by atoms with E-state index in [4.69, 9.17) is 10.2 Å². The van der Waals surface area contributed by atoms with Crippen LogP contribution in [0.3, 0.4) is 0 Å². The Labute approximate surface area is 113 Å². The third-order valence-electron chi connectivity index (χ3n) is 2.63. The number of hydrogen-bond acceptors (Lipinski definition) is 6. The van der Waals surface area contributed by atoms with Crippen molar-refractivity contribution in [2.24, 2.45) is 0 Å². The standard InChI is InChI=1S/C10H14N4O4S/c15-3-7(9(17)18)12-8(16)4-19-10-13-11-5-14(10)6-1-2-6/h5-7,15H,1-4H2,(H,12,16)(H,17,18)/t7-/m0/s1. The first kappa shape index (κ1) is 13.8. The number of rotatable bonds is 7. The SMILES string of the molecule is O=C(CSc1nncn1C1CC1)N[C@@H](CO)C(=O)O. The number of nitrogens with zero attached hydrogens (tertiary/aromatic N) is 3.